The number of sulfonamides is 1. The van der Waals surface area contributed by atoms with Gasteiger partial charge in [0.15, 0.2) is 0 Å². The Balaban J connectivity index is 3.10. The first-order chi connectivity index (χ1) is 9.31. The third kappa shape index (κ3) is 3.79. The molecule has 0 spiro atoms. The van der Waals surface area contributed by atoms with Crippen LogP contribution >= 0.6 is 0 Å². The molecule has 0 aliphatic carbocycles. The fourth-order valence-electron chi connectivity index (χ4n) is 1.61. The van der Waals surface area contributed by atoms with Gasteiger partial charge in [0.05, 0.1) is 16.5 Å². The van der Waals surface area contributed by atoms with E-state index in [1.807, 2.05) is 6.07 Å². The molecule has 1 aromatic carbocycles. The Labute approximate surface area is 118 Å². The van der Waals surface area contributed by atoms with Gasteiger partial charge >= 0.3 is 5.97 Å². The second kappa shape index (κ2) is 6.50. The van der Waals surface area contributed by atoms with E-state index < -0.39 is 22.0 Å². The summed E-state index contributed by atoms with van der Waals surface area (Å²) in [7, 11) is -3.97. The summed E-state index contributed by atoms with van der Waals surface area (Å²) < 4.78 is 26.5. The maximum absolute atomic E-state index is 12.2. The summed E-state index contributed by atoms with van der Waals surface area (Å²) >= 11 is 0. The minimum atomic E-state index is -3.97. The van der Waals surface area contributed by atoms with Crippen LogP contribution in [-0.2, 0) is 14.8 Å². The van der Waals surface area contributed by atoms with E-state index >= 15 is 0 Å². The van der Waals surface area contributed by atoms with Gasteiger partial charge in [-0.3, -0.25) is 4.79 Å². The van der Waals surface area contributed by atoms with Crippen LogP contribution < -0.4 is 4.72 Å². The van der Waals surface area contributed by atoms with Crippen LogP contribution in [0.3, 0.4) is 0 Å². The third-order valence-electron chi connectivity index (χ3n) is 3.03. The van der Waals surface area contributed by atoms with Crippen molar-refractivity contribution in [3.63, 3.8) is 0 Å². The van der Waals surface area contributed by atoms with Crippen LogP contribution in [0.2, 0.25) is 0 Å². The van der Waals surface area contributed by atoms with Gasteiger partial charge < -0.3 is 5.11 Å². The molecule has 1 unspecified atom stereocenters. The first-order valence-corrected chi connectivity index (χ1v) is 7.55. The number of rotatable bonds is 6. The van der Waals surface area contributed by atoms with Crippen LogP contribution in [0.4, 0.5) is 0 Å². The summed E-state index contributed by atoms with van der Waals surface area (Å²) in [6.45, 7) is 3.44. The molecule has 0 aliphatic heterocycles. The number of nitrogens with one attached hydrogen (secondary N) is 1. The number of carboxylic acids is 1. The van der Waals surface area contributed by atoms with E-state index in [4.69, 9.17) is 10.4 Å². The Hall–Kier alpha value is -1.91. The maximum atomic E-state index is 12.2. The van der Waals surface area contributed by atoms with E-state index in [2.05, 4.69) is 4.72 Å². The van der Waals surface area contributed by atoms with Crippen LogP contribution in [0.15, 0.2) is 29.2 Å². The average Bonchev–Trinajstić information content (AvgIpc) is 2.43. The molecule has 2 atom stereocenters. The minimum Gasteiger partial charge on any atom is -0.480 e. The Bertz CT molecular complexity index is 634. The van der Waals surface area contributed by atoms with Crippen molar-refractivity contribution >= 4 is 16.0 Å². The normalized spacial score (nSPS) is 14.2. The zero-order valence-corrected chi connectivity index (χ0v) is 12.0. The Kier molecular flexibility index (Phi) is 5.25. The van der Waals surface area contributed by atoms with Crippen LogP contribution in [0.25, 0.3) is 0 Å². The molecule has 1 aromatic rings. The van der Waals surface area contributed by atoms with Crippen molar-refractivity contribution in [3.8, 4) is 6.07 Å². The Morgan fingerprint density at radius 1 is 1.50 bits per heavy atom. The van der Waals surface area contributed by atoms with Crippen LogP contribution in [-0.4, -0.2) is 25.5 Å². The highest BCUT2D eigenvalue weighted by Gasteiger charge is 2.29. The van der Waals surface area contributed by atoms with Gasteiger partial charge in [-0.05, 0) is 24.1 Å². The van der Waals surface area contributed by atoms with Gasteiger partial charge in [0.2, 0.25) is 10.0 Å². The Morgan fingerprint density at radius 3 is 2.65 bits per heavy atom. The maximum Gasteiger partial charge on any atom is 0.322 e. The molecule has 20 heavy (non-hydrogen) atoms. The quantitative estimate of drug-likeness (QED) is 0.823. The van der Waals surface area contributed by atoms with Gasteiger partial charge in [-0.25, -0.2) is 8.42 Å². The first-order valence-electron chi connectivity index (χ1n) is 6.07. The molecule has 1 rings (SSSR count). The minimum absolute atomic E-state index is 0.119. The standard InChI is InChI=1S/C13H16N2O4S/c1-3-9(2)12(13(16)17)15-20(18,19)11-6-4-5-10(7-11)8-14/h4-7,9,12,15H,3H2,1-2H3,(H,16,17)/t9?,12-/m0/s1. The molecule has 0 fully saturated rings. The Morgan fingerprint density at radius 2 is 2.15 bits per heavy atom. The van der Waals surface area contributed by atoms with Gasteiger partial charge in [-0.1, -0.05) is 26.3 Å². The van der Waals surface area contributed by atoms with Crippen molar-refractivity contribution in [1.29, 1.82) is 5.26 Å². The lowest BCUT2D eigenvalue weighted by Crippen LogP contribution is -2.44. The van der Waals surface area contributed by atoms with Gasteiger partial charge in [0.25, 0.3) is 0 Å². The van der Waals surface area contributed by atoms with Crippen molar-refractivity contribution in [1.82, 2.24) is 4.72 Å². The number of hydrogen-bond acceptors (Lipinski definition) is 4. The molecular formula is C13H16N2O4S. The lowest BCUT2D eigenvalue weighted by atomic mass is 10.0. The first kappa shape index (κ1) is 16.1. The van der Waals surface area contributed by atoms with Crippen molar-refractivity contribution in [2.45, 2.75) is 31.2 Å². The van der Waals surface area contributed by atoms with Gasteiger partial charge in [0.1, 0.15) is 6.04 Å². The van der Waals surface area contributed by atoms with Crippen LogP contribution in [0.1, 0.15) is 25.8 Å². The molecule has 0 aromatic heterocycles. The molecule has 0 aliphatic rings. The number of carboxylic acid groups (broad SMARTS) is 1. The van der Waals surface area contributed by atoms with Crippen LogP contribution in [0.5, 0.6) is 0 Å². The van der Waals surface area contributed by atoms with Crippen LogP contribution in [0, 0.1) is 17.2 Å². The molecule has 0 saturated carbocycles. The number of hydrogen-bond donors (Lipinski definition) is 2. The van der Waals surface area contributed by atoms with Crippen molar-refractivity contribution in [2.75, 3.05) is 0 Å². The number of aliphatic carboxylic acids is 1. The summed E-state index contributed by atoms with van der Waals surface area (Å²) in [5.74, 6) is -1.57. The molecule has 108 valence electrons. The van der Waals surface area contributed by atoms with E-state index in [9.17, 15) is 13.2 Å². The van der Waals surface area contributed by atoms with Gasteiger partial charge in [-0.2, -0.15) is 9.98 Å². The van der Waals surface area contributed by atoms with Gasteiger partial charge in [-0.15, -0.1) is 0 Å². The number of nitrogens with zero attached hydrogens (tertiary/aromatic N) is 1. The number of carbonyl (C=O) groups is 1. The fourth-order valence-corrected chi connectivity index (χ4v) is 2.96. The average molecular weight is 296 g/mol. The predicted octanol–water partition coefficient (Wildman–Crippen LogP) is 1.34. The lowest BCUT2D eigenvalue weighted by Gasteiger charge is -2.20. The highest BCUT2D eigenvalue weighted by molar-refractivity contribution is 7.89. The molecule has 0 bridgehead atoms. The summed E-state index contributed by atoms with van der Waals surface area (Å²) in [6.07, 6.45) is 0.526. The monoisotopic (exact) mass is 296 g/mol. The molecule has 2 N–H and O–H groups in total. The summed E-state index contributed by atoms with van der Waals surface area (Å²) in [5.41, 5.74) is 0.197. The lowest BCUT2D eigenvalue weighted by molar-refractivity contribution is -0.140. The predicted molar refractivity (Wildman–Crippen MR) is 72.4 cm³/mol. The summed E-state index contributed by atoms with van der Waals surface area (Å²) in [6, 6.07) is 6.08. The molecule has 0 radical (unpaired) electrons. The zero-order chi connectivity index (χ0) is 15.3. The van der Waals surface area contributed by atoms with E-state index in [1.165, 1.54) is 24.3 Å². The van der Waals surface area contributed by atoms with E-state index in [-0.39, 0.29) is 16.4 Å². The molecule has 0 saturated heterocycles. The second-order valence-corrected chi connectivity index (χ2v) is 6.18. The molecule has 7 heteroatoms. The van der Waals surface area contributed by atoms with Crippen molar-refractivity contribution < 1.29 is 18.3 Å². The molecular weight excluding hydrogens is 280 g/mol. The smallest absolute Gasteiger partial charge is 0.322 e. The van der Waals surface area contributed by atoms with E-state index in [0.29, 0.717) is 6.42 Å². The fraction of sp³-hybridized carbons (Fsp3) is 0.385. The van der Waals surface area contributed by atoms with Crippen molar-refractivity contribution in [2.24, 2.45) is 5.92 Å². The molecule has 0 heterocycles. The molecule has 6 nitrogen and oxygen atoms in total. The highest BCUT2D eigenvalue weighted by atomic mass is 32.2. The number of nitriles is 1. The topological polar surface area (TPSA) is 107 Å². The van der Waals surface area contributed by atoms with Crippen molar-refractivity contribution in [3.05, 3.63) is 29.8 Å². The van der Waals surface area contributed by atoms with Gasteiger partial charge in [0, 0.05) is 0 Å². The second-order valence-electron chi connectivity index (χ2n) is 4.46. The highest BCUT2D eigenvalue weighted by Crippen LogP contribution is 2.15. The van der Waals surface area contributed by atoms with E-state index in [0.717, 1.165) is 0 Å². The SMILES string of the molecule is CCC(C)[C@H](NS(=O)(=O)c1cccc(C#N)c1)C(=O)O. The third-order valence-corrected chi connectivity index (χ3v) is 4.47. The number of benzene rings is 1. The largest absolute Gasteiger partial charge is 0.480 e. The van der Waals surface area contributed by atoms with E-state index in [1.54, 1.807) is 13.8 Å². The molecule has 0 amide bonds. The summed E-state index contributed by atoms with van der Waals surface area (Å²) in [5, 5.41) is 17.9. The zero-order valence-electron chi connectivity index (χ0n) is 11.2. The summed E-state index contributed by atoms with van der Waals surface area (Å²) in [4.78, 5) is 11.0.